The van der Waals surface area contributed by atoms with E-state index in [2.05, 4.69) is 5.32 Å². The molecule has 1 amide bonds. The quantitative estimate of drug-likeness (QED) is 0.860. The van der Waals surface area contributed by atoms with Crippen LogP contribution in [0.15, 0.2) is 23.1 Å². The number of primary sulfonamides is 1. The lowest BCUT2D eigenvalue weighted by molar-refractivity contribution is 0.0939. The largest absolute Gasteiger partial charge is 0.350 e. The molecule has 0 fully saturated rings. The molecule has 3 N–H and O–H groups in total. The molecule has 0 saturated heterocycles. The molecule has 0 aliphatic heterocycles. The van der Waals surface area contributed by atoms with E-state index in [1.807, 2.05) is 13.8 Å². The van der Waals surface area contributed by atoms with Gasteiger partial charge in [-0.05, 0) is 44.0 Å². The number of carbonyl (C=O) groups excluding carboxylic acids is 1. The first kappa shape index (κ1) is 14.7. The number of nitrogens with two attached hydrogens (primary N) is 1. The van der Waals surface area contributed by atoms with Crippen molar-refractivity contribution in [2.24, 2.45) is 5.14 Å². The maximum absolute atomic E-state index is 11.9. The lowest BCUT2D eigenvalue weighted by atomic mass is 10.1. The smallest absolute Gasteiger partial charge is 0.251 e. The van der Waals surface area contributed by atoms with Crippen molar-refractivity contribution in [2.45, 2.75) is 38.1 Å². The van der Waals surface area contributed by atoms with Crippen LogP contribution in [0, 0.1) is 6.92 Å². The second kappa shape index (κ2) is 5.49. The number of hydrogen-bond acceptors (Lipinski definition) is 3. The van der Waals surface area contributed by atoms with Gasteiger partial charge in [-0.1, -0.05) is 6.92 Å². The highest BCUT2D eigenvalue weighted by molar-refractivity contribution is 7.89. The Morgan fingerprint density at radius 3 is 2.50 bits per heavy atom. The zero-order chi connectivity index (χ0) is 13.9. The number of carbonyl (C=O) groups is 1. The monoisotopic (exact) mass is 270 g/mol. The van der Waals surface area contributed by atoms with Gasteiger partial charge in [0.1, 0.15) is 0 Å². The van der Waals surface area contributed by atoms with Crippen LogP contribution in [0.4, 0.5) is 0 Å². The Balaban J connectivity index is 3.11. The molecule has 1 atom stereocenters. The van der Waals surface area contributed by atoms with Crippen LogP contribution in [-0.2, 0) is 10.0 Å². The number of amides is 1. The topological polar surface area (TPSA) is 89.3 Å². The Hall–Kier alpha value is -1.40. The van der Waals surface area contributed by atoms with Gasteiger partial charge in [-0.25, -0.2) is 13.6 Å². The number of nitrogens with one attached hydrogen (secondary N) is 1. The van der Waals surface area contributed by atoms with Gasteiger partial charge in [0.15, 0.2) is 0 Å². The lowest BCUT2D eigenvalue weighted by Gasteiger charge is -2.12. The van der Waals surface area contributed by atoms with Crippen LogP contribution in [0.1, 0.15) is 36.2 Å². The molecule has 0 bridgehead atoms. The number of benzene rings is 1. The molecule has 1 rings (SSSR count). The Morgan fingerprint density at radius 1 is 1.39 bits per heavy atom. The first-order valence-corrected chi connectivity index (χ1v) is 7.24. The summed E-state index contributed by atoms with van der Waals surface area (Å²) < 4.78 is 22.6. The van der Waals surface area contributed by atoms with Gasteiger partial charge in [-0.3, -0.25) is 4.79 Å². The summed E-state index contributed by atoms with van der Waals surface area (Å²) in [5.74, 6) is -0.294. The van der Waals surface area contributed by atoms with Crippen LogP contribution in [0.3, 0.4) is 0 Å². The van der Waals surface area contributed by atoms with Crippen LogP contribution in [0.5, 0.6) is 0 Å². The summed E-state index contributed by atoms with van der Waals surface area (Å²) in [5, 5.41) is 7.84. The Kier molecular flexibility index (Phi) is 4.48. The van der Waals surface area contributed by atoms with Crippen molar-refractivity contribution in [3.63, 3.8) is 0 Å². The van der Waals surface area contributed by atoms with E-state index in [9.17, 15) is 13.2 Å². The molecule has 1 aromatic rings. The second-order valence-corrected chi connectivity index (χ2v) is 5.92. The van der Waals surface area contributed by atoms with E-state index in [1.165, 1.54) is 12.1 Å². The molecule has 5 nitrogen and oxygen atoms in total. The van der Waals surface area contributed by atoms with E-state index in [-0.39, 0.29) is 16.8 Å². The standard InChI is InChI=1S/C12H18N2O3S/c1-4-9(3)14-12(15)10-5-8(2)6-11(7-10)18(13,16)17/h5-7,9H,4H2,1-3H3,(H,14,15)(H2,13,16,17). The van der Waals surface area contributed by atoms with E-state index in [4.69, 9.17) is 5.14 Å². The molecule has 6 heteroatoms. The van der Waals surface area contributed by atoms with Crippen LogP contribution in [0.25, 0.3) is 0 Å². The predicted octanol–water partition coefficient (Wildman–Crippen LogP) is 1.17. The molecule has 0 aromatic heterocycles. The van der Waals surface area contributed by atoms with Gasteiger partial charge >= 0.3 is 0 Å². The summed E-state index contributed by atoms with van der Waals surface area (Å²) in [6.45, 7) is 5.56. The van der Waals surface area contributed by atoms with E-state index in [1.54, 1.807) is 13.0 Å². The summed E-state index contributed by atoms with van der Waals surface area (Å²) in [6, 6.07) is 4.40. The normalized spacial score (nSPS) is 13.1. The summed E-state index contributed by atoms with van der Waals surface area (Å²) in [5.41, 5.74) is 0.982. The minimum absolute atomic E-state index is 0.0379. The molecule has 1 aromatic carbocycles. The molecule has 1 unspecified atom stereocenters. The maximum atomic E-state index is 11.9. The lowest BCUT2D eigenvalue weighted by Crippen LogP contribution is -2.32. The first-order chi connectivity index (χ1) is 8.24. The average Bonchev–Trinajstić information content (AvgIpc) is 2.26. The molecular formula is C12H18N2O3S. The van der Waals surface area contributed by atoms with Gasteiger partial charge in [-0.15, -0.1) is 0 Å². The Bertz CT molecular complexity index is 552. The fourth-order valence-electron chi connectivity index (χ4n) is 1.45. The third-order valence-corrected chi connectivity index (χ3v) is 3.52. The van der Waals surface area contributed by atoms with Gasteiger partial charge in [0.2, 0.25) is 10.0 Å². The fraction of sp³-hybridized carbons (Fsp3) is 0.417. The average molecular weight is 270 g/mol. The van der Waals surface area contributed by atoms with Crippen molar-refractivity contribution in [1.82, 2.24) is 5.32 Å². The third kappa shape index (κ3) is 3.82. The van der Waals surface area contributed by atoms with E-state index in [0.717, 1.165) is 6.42 Å². The minimum atomic E-state index is -3.80. The van der Waals surface area contributed by atoms with Gasteiger partial charge < -0.3 is 5.32 Å². The van der Waals surface area contributed by atoms with Gasteiger partial charge in [0, 0.05) is 11.6 Å². The van der Waals surface area contributed by atoms with E-state index >= 15 is 0 Å². The van der Waals surface area contributed by atoms with Crippen LogP contribution >= 0.6 is 0 Å². The van der Waals surface area contributed by atoms with Crippen molar-refractivity contribution in [2.75, 3.05) is 0 Å². The first-order valence-electron chi connectivity index (χ1n) is 5.69. The number of aryl methyl sites for hydroxylation is 1. The van der Waals surface area contributed by atoms with Crippen molar-refractivity contribution >= 4 is 15.9 Å². The summed E-state index contributed by atoms with van der Waals surface area (Å²) in [7, 11) is -3.80. The van der Waals surface area contributed by atoms with Crippen molar-refractivity contribution in [3.05, 3.63) is 29.3 Å². The number of sulfonamides is 1. The van der Waals surface area contributed by atoms with Gasteiger partial charge in [-0.2, -0.15) is 0 Å². The van der Waals surface area contributed by atoms with Crippen molar-refractivity contribution < 1.29 is 13.2 Å². The van der Waals surface area contributed by atoms with Gasteiger partial charge in [0.05, 0.1) is 4.90 Å². The highest BCUT2D eigenvalue weighted by atomic mass is 32.2. The summed E-state index contributed by atoms with van der Waals surface area (Å²) in [4.78, 5) is 11.9. The molecule has 100 valence electrons. The summed E-state index contributed by atoms with van der Waals surface area (Å²) >= 11 is 0. The molecule has 0 saturated carbocycles. The molecule has 0 aliphatic rings. The third-order valence-electron chi connectivity index (χ3n) is 2.63. The molecule has 18 heavy (non-hydrogen) atoms. The molecule has 0 aliphatic carbocycles. The SMILES string of the molecule is CCC(C)NC(=O)c1cc(C)cc(S(N)(=O)=O)c1. The van der Waals surface area contributed by atoms with Crippen molar-refractivity contribution in [1.29, 1.82) is 0 Å². The minimum Gasteiger partial charge on any atom is -0.350 e. The molecule has 0 heterocycles. The molecule has 0 radical (unpaired) electrons. The zero-order valence-electron chi connectivity index (χ0n) is 10.7. The molecular weight excluding hydrogens is 252 g/mol. The highest BCUT2D eigenvalue weighted by Gasteiger charge is 2.14. The Morgan fingerprint density at radius 2 is 2.00 bits per heavy atom. The number of rotatable bonds is 4. The Labute approximate surface area is 107 Å². The van der Waals surface area contributed by atoms with Crippen LogP contribution < -0.4 is 10.5 Å². The van der Waals surface area contributed by atoms with Gasteiger partial charge in [0.25, 0.3) is 5.91 Å². The molecule has 0 spiro atoms. The van der Waals surface area contributed by atoms with E-state index in [0.29, 0.717) is 11.1 Å². The number of hydrogen-bond donors (Lipinski definition) is 2. The highest BCUT2D eigenvalue weighted by Crippen LogP contribution is 2.13. The van der Waals surface area contributed by atoms with Crippen molar-refractivity contribution in [3.8, 4) is 0 Å². The maximum Gasteiger partial charge on any atom is 0.251 e. The fourth-order valence-corrected chi connectivity index (χ4v) is 2.09. The predicted molar refractivity (Wildman–Crippen MR) is 69.8 cm³/mol. The van der Waals surface area contributed by atoms with Crippen LogP contribution in [-0.4, -0.2) is 20.4 Å². The zero-order valence-corrected chi connectivity index (χ0v) is 11.5. The summed E-state index contributed by atoms with van der Waals surface area (Å²) in [6.07, 6.45) is 0.805. The van der Waals surface area contributed by atoms with Crippen LogP contribution in [0.2, 0.25) is 0 Å². The second-order valence-electron chi connectivity index (χ2n) is 4.36. The van der Waals surface area contributed by atoms with E-state index < -0.39 is 10.0 Å².